The van der Waals surface area contributed by atoms with Gasteiger partial charge in [-0.15, -0.1) is 11.8 Å². The van der Waals surface area contributed by atoms with E-state index in [1.165, 1.54) is 24.0 Å². The van der Waals surface area contributed by atoms with E-state index < -0.39 is 89.3 Å². The molecule has 73 heavy (non-hydrogen) atoms. The third-order valence-corrected chi connectivity index (χ3v) is 15.7. The average molecular weight is 1050 g/mol. The summed E-state index contributed by atoms with van der Waals surface area (Å²) in [5.41, 5.74) is 6.31. The van der Waals surface area contributed by atoms with E-state index in [2.05, 4.69) is 10.6 Å². The number of nitrogens with zero attached hydrogens (tertiary/aromatic N) is 4. The highest BCUT2D eigenvalue weighted by Crippen LogP contribution is 2.31. The number of carboxylic acid groups (broad SMARTS) is 2. The summed E-state index contributed by atoms with van der Waals surface area (Å²) < 4.78 is 11.9. The number of carbonyl (C=O) groups is 9. The quantitative estimate of drug-likeness (QED) is 0.0528. The third-order valence-electron chi connectivity index (χ3n) is 14.4. The van der Waals surface area contributed by atoms with Crippen LogP contribution in [0.3, 0.4) is 0 Å². The van der Waals surface area contributed by atoms with E-state index in [4.69, 9.17) is 20.3 Å². The lowest BCUT2D eigenvalue weighted by atomic mass is 9.89. The fourth-order valence-electron chi connectivity index (χ4n) is 9.92. The minimum absolute atomic E-state index is 0.00194. The molecule has 0 aliphatic carbocycles. The standard InChI is InChI=1S/C52H83N7O13S/c1-12-32(6)45(38(71-10)27-41(61)58-25-19-22-37(58)46(72-11)33(7)47(63)54-36(52(69)70)26-34-20-15-13-16-21-34)57(9)50(66)43(30(2)3)55-48(64)44(31(4)5)56(8)40(60)23-17-14-18-24-59-42(62)28-39(49(59)65)73-29-35(53)51(67)68/h13,15-16,20-21,30-33,35-39,43-46H,12,14,17-19,22-29,53H2,1-11H3,(H,54,63)(H,55,64)(H,67,68)(H,69,70). The highest BCUT2D eigenvalue weighted by atomic mass is 32.2. The zero-order chi connectivity index (χ0) is 54.9. The van der Waals surface area contributed by atoms with Gasteiger partial charge >= 0.3 is 11.9 Å². The van der Waals surface area contributed by atoms with Crippen molar-refractivity contribution >= 4 is 65.1 Å². The van der Waals surface area contributed by atoms with Crippen molar-refractivity contribution in [2.24, 2.45) is 29.4 Å². The van der Waals surface area contributed by atoms with E-state index in [0.29, 0.717) is 45.1 Å². The molecule has 11 unspecified atom stereocenters. The van der Waals surface area contributed by atoms with Crippen LogP contribution < -0.4 is 16.4 Å². The summed E-state index contributed by atoms with van der Waals surface area (Å²) in [4.78, 5) is 125. The summed E-state index contributed by atoms with van der Waals surface area (Å²) in [6.07, 6.45) is 1.78. The largest absolute Gasteiger partial charge is 0.480 e. The normalized spacial score (nSPS) is 19.6. The number of imide groups is 1. The van der Waals surface area contributed by atoms with Gasteiger partial charge in [0.15, 0.2) is 0 Å². The first-order valence-corrected chi connectivity index (χ1v) is 26.7. The van der Waals surface area contributed by atoms with Crippen molar-refractivity contribution in [1.29, 1.82) is 0 Å². The number of aliphatic carboxylic acids is 2. The fraction of sp³-hybridized carbons (Fsp3) is 0.712. The Hall–Kier alpha value is -5.12. The molecule has 0 saturated carbocycles. The molecular formula is C52H83N7O13S. The molecule has 0 bridgehead atoms. The zero-order valence-corrected chi connectivity index (χ0v) is 45.6. The smallest absolute Gasteiger partial charge is 0.326 e. The Bertz CT molecular complexity index is 2050. The van der Waals surface area contributed by atoms with Crippen molar-refractivity contribution < 1.29 is 62.8 Å². The van der Waals surface area contributed by atoms with E-state index in [-0.39, 0.29) is 79.4 Å². The van der Waals surface area contributed by atoms with Crippen molar-refractivity contribution in [2.75, 3.05) is 47.2 Å². The lowest BCUT2D eigenvalue weighted by Gasteiger charge is -2.41. The number of methoxy groups -OCH3 is 2. The first-order chi connectivity index (χ1) is 34.4. The number of likely N-dealkylation sites (N-methyl/N-ethyl adjacent to an activating group) is 2. The molecule has 410 valence electrons. The second kappa shape index (κ2) is 29.7. The topological polar surface area (TPSA) is 276 Å². The minimum Gasteiger partial charge on any atom is -0.480 e. The maximum atomic E-state index is 14.6. The molecular weight excluding hydrogens is 963 g/mol. The van der Waals surface area contributed by atoms with Crippen molar-refractivity contribution in [3.05, 3.63) is 35.9 Å². The number of hydrogen-bond donors (Lipinski definition) is 5. The molecule has 20 nitrogen and oxygen atoms in total. The molecule has 2 saturated heterocycles. The van der Waals surface area contributed by atoms with Crippen LogP contribution in [0.4, 0.5) is 0 Å². The summed E-state index contributed by atoms with van der Waals surface area (Å²) in [6, 6.07) is 3.66. The van der Waals surface area contributed by atoms with Gasteiger partial charge in [0.1, 0.15) is 24.2 Å². The van der Waals surface area contributed by atoms with E-state index in [9.17, 15) is 48.3 Å². The van der Waals surface area contributed by atoms with Gasteiger partial charge in [-0.1, -0.05) is 91.6 Å². The summed E-state index contributed by atoms with van der Waals surface area (Å²) in [5.74, 6) is -6.71. The molecule has 2 aliphatic heterocycles. The Morgan fingerprint density at radius 3 is 2.08 bits per heavy atom. The number of carboxylic acids is 2. The summed E-state index contributed by atoms with van der Waals surface area (Å²) >= 11 is 1.05. The predicted octanol–water partition coefficient (Wildman–Crippen LogP) is 3.18. The number of carbonyl (C=O) groups excluding carboxylic acids is 7. The van der Waals surface area contributed by atoms with Crippen molar-refractivity contribution in [2.45, 2.75) is 166 Å². The molecule has 0 spiro atoms. The molecule has 1 aromatic rings. The molecule has 21 heteroatoms. The number of unbranched alkanes of at least 4 members (excludes halogenated alkanes) is 2. The van der Waals surface area contributed by atoms with Gasteiger partial charge in [-0.25, -0.2) is 4.79 Å². The minimum atomic E-state index is -1.19. The van der Waals surface area contributed by atoms with Crippen molar-refractivity contribution in [3.8, 4) is 0 Å². The molecule has 0 aromatic heterocycles. The Balaban J connectivity index is 1.67. The Kier molecular flexibility index (Phi) is 25.3. The van der Waals surface area contributed by atoms with Crippen LogP contribution >= 0.6 is 11.8 Å². The average Bonchev–Trinajstić information content (AvgIpc) is 3.94. The van der Waals surface area contributed by atoms with Crippen LogP contribution in [0.1, 0.15) is 112 Å². The van der Waals surface area contributed by atoms with Crippen molar-refractivity contribution in [1.82, 2.24) is 30.2 Å². The zero-order valence-electron chi connectivity index (χ0n) is 44.7. The van der Waals surface area contributed by atoms with Crippen molar-refractivity contribution in [3.63, 3.8) is 0 Å². The Morgan fingerprint density at radius 2 is 1.52 bits per heavy atom. The van der Waals surface area contributed by atoms with Crippen LogP contribution in [0.5, 0.6) is 0 Å². The molecule has 11 atom stereocenters. The molecule has 3 rings (SSSR count). The SMILES string of the molecule is CCC(C)C(C(CC(=O)N1CCCC1C(OC)C(C)C(=O)NC(Cc1ccccc1)C(=O)O)OC)N(C)C(=O)C(NC(=O)C(C(C)C)N(C)C(=O)CCCCCN1C(=O)CC(SCC(N)C(=O)O)C1=O)C(C)C. The molecule has 7 amide bonds. The van der Waals surface area contributed by atoms with Gasteiger partial charge in [-0.3, -0.25) is 43.3 Å². The lowest BCUT2D eigenvalue weighted by Crippen LogP contribution is -2.60. The van der Waals surface area contributed by atoms with Gasteiger partial charge < -0.3 is 50.8 Å². The summed E-state index contributed by atoms with van der Waals surface area (Å²) in [7, 11) is 6.15. The molecule has 1 aromatic carbocycles. The maximum absolute atomic E-state index is 14.6. The third kappa shape index (κ3) is 17.2. The molecule has 2 aliphatic rings. The van der Waals surface area contributed by atoms with Crippen LogP contribution in [0.2, 0.25) is 0 Å². The Labute approximate surface area is 435 Å². The number of nitrogens with one attached hydrogen (secondary N) is 2. The van der Waals surface area contributed by atoms with Gasteiger partial charge in [0.2, 0.25) is 41.4 Å². The predicted molar refractivity (Wildman–Crippen MR) is 276 cm³/mol. The number of hydrogen-bond acceptors (Lipinski definition) is 13. The summed E-state index contributed by atoms with van der Waals surface area (Å²) in [5, 5.41) is 23.9. The number of nitrogens with two attached hydrogens (primary N) is 1. The number of benzene rings is 1. The van der Waals surface area contributed by atoms with Gasteiger partial charge in [0.05, 0.1) is 41.9 Å². The second-order valence-electron chi connectivity index (χ2n) is 20.3. The Morgan fingerprint density at radius 1 is 0.863 bits per heavy atom. The molecule has 2 fully saturated rings. The molecule has 6 N–H and O–H groups in total. The monoisotopic (exact) mass is 1050 g/mol. The number of ether oxygens (including phenoxy) is 2. The van der Waals surface area contributed by atoms with Gasteiger partial charge in [-0.05, 0) is 49.0 Å². The first kappa shape index (κ1) is 62.2. The van der Waals surface area contributed by atoms with Gasteiger partial charge in [-0.2, -0.15) is 0 Å². The molecule has 2 heterocycles. The first-order valence-electron chi connectivity index (χ1n) is 25.6. The van der Waals surface area contributed by atoms with E-state index in [1.54, 1.807) is 55.1 Å². The lowest BCUT2D eigenvalue weighted by molar-refractivity contribution is -0.149. The van der Waals surface area contributed by atoms with Crippen LogP contribution in [-0.4, -0.2) is 184 Å². The van der Waals surface area contributed by atoms with Gasteiger partial charge in [0, 0.05) is 66.4 Å². The number of amides is 7. The highest BCUT2D eigenvalue weighted by molar-refractivity contribution is 8.00. The van der Waals surface area contributed by atoms with Crippen LogP contribution in [0.15, 0.2) is 30.3 Å². The number of likely N-dealkylation sites (tertiary alicyclic amines) is 2. The number of rotatable bonds is 31. The second-order valence-corrected chi connectivity index (χ2v) is 21.5. The van der Waals surface area contributed by atoms with Crippen LogP contribution in [-0.2, 0) is 59.0 Å². The van der Waals surface area contributed by atoms with E-state index in [0.717, 1.165) is 17.3 Å². The summed E-state index contributed by atoms with van der Waals surface area (Å²) in [6.45, 7) is 13.4. The van der Waals surface area contributed by atoms with Crippen LogP contribution in [0.25, 0.3) is 0 Å². The fourth-order valence-corrected chi connectivity index (χ4v) is 11.0. The maximum Gasteiger partial charge on any atom is 0.326 e. The number of thioether (sulfide) groups is 1. The van der Waals surface area contributed by atoms with E-state index >= 15 is 0 Å². The molecule has 0 radical (unpaired) electrons. The highest BCUT2D eigenvalue weighted by Gasteiger charge is 2.44. The van der Waals surface area contributed by atoms with Gasteiger partial charge in [0.25, 0.3) is 0 Å². The van der Waals surface area contributed by atoms with E-state index in [1.807, 2.05) is 47.6 Å². The van der Waals surface area contributed by atoms with Crippen LogP contribution in [0, 0.1) is 23.7 Å².